The predicted octanol–water partition coefficient (Wildman–Crippen LogP) is 2.30. The highest BCUT2D eigenvalue weighted by molar-refractivity contribution is 5.99. The number of nitro benzene ring substituents is 1. The standard InChI is InChI=1S/C20H20N4O6/c1-13(18(25)23-10-9-21-20(23)27)30-19(26)15-7-8-16(17(11-15)24(28)29)22-12-14-5-3-2-4-6-14/h2-8,11,13,22H,9-10,12H2,1H3,(H,21,27)/t13-/m1/s1. The van der Waals surface area contributed by atoms with Crippen molar-refractivity contribution in [2.45, 2.75) is 19.6 Å². The minimum absolute atomic E-state index is 0.0718. The number of nitro groups is 1. The molecule has 30 heavy (non-hydrogen) atoms. The highest BCUT2D eigenvalue weighted by Crippen LogP contribution is 2.26. The highest BCUT2D eigenvalue weighted by Gasteiger charge is 2.32. The van der Waals surface area contributed by atoms with Gasteiger partial charge in [0.25, 0.3) is 11.6 Å². The van der Waals surface area contributed by atoms with Gasteiger partial charge in [0.15, 0.2) is 6.10 Å². The highest BCUT2D eigenvalue weighted by atomic mass is 16.6. The molecule has 2 aromatic carbocycles. The van der Waals surface area contributed by atoms with E-state index in [1.165, 1.54) is 19.1 Å². The summed E-state index contributed by atoms with van der Waals surface area (Å²) in [5.74, 6) is -1.55. The average molecular weight is 412 g/mol. The second-order valence-corrected chi connectivity index (χ2v) is 6.60. The van der Waals surface area contributed by atoms with Crippen LogP contribution in [-0.4, -0.2) is 46.9 Å². The molecule has 0 unspecified atom stereocenters. The van der Waals surface area contributed by atoms with E-state index in [0.29, 0.717) is 13.1 Å². The first-order valence-electron chi connectivity index (χ1n) is 9.23. The summed E-state index contributed by atoms with van der Waals surface area (Å²) in [6, 6.07) is 12.7. The van der Waals surface area contributed by atoms with Crippen LogP contribution in [0.1, 0.15) is 22.8 Å². The van der Waals surface area contributed by atoms with Crippen LogP contribution in [0, 0.1) is 10.1 Å². The number of ether oxygens (including phenoxy) is 1. The molecule has 1 aliphatic rings. The number of rotatable bonds is 7. The van der Waals surface area contributed by atoms with Gasteiger partial charge in [0.1, 0.15) is 5.69 Å². The Morgan fingerprint density at radius 2 is 2.00 bits per heavy atom. The van der Waals surface area contributed by atoms with Crippen LogP contribution >= 0.6 is 0 Å². The molecule has 0 aliphatic carbocycles. The number of benzene rings is 2. The zero-order valence-electron chi connectivity index (χ0n) is 16.2. The molecule has 156 valence electrons. The summed E-state index contributed by atoms with van der Waals surface area (Å²) in [4.78, 5) is 48.0. The number of nitrogens with zero attached hydrogens (tertiary/aromatic N) is 2. The SMILES string of the molecule is C[C@@H](OC(=O)c1ccc(NCc2ccccc2)c([N+](=O)[O-])c1)C(=O)N1CCNC1=O. The number of esters is 1. The summed E-state index contributed by atoms with van der Waals surface area (Å²) in [5.41, 5.74) is 0.822. The molecule has 0 bridgehead atoms. The van der Waals surface area contributed by atoms with Crippen molar-refractivity contribution in [3.63, 3.8) is 0 Å². The van der Waals surface area contributed by atoms with E-state index in [9.17, 15) is 24.5 Å². The van der Waals surface area contributed by atoms with E-state index in [4.69, 9.17) is 4.74 Å². The van der Waals surface area contributed by atoms with Crippen LogP contribution in [0.5, 0.6) is 0 Å². The van der Waals surface area contributed by atoms with E-state index in [0.717, 1.165) is 16.5 Å². The zero-order chi connectivity index (χ0) is 21.7. The molecule has 10 nitrogen and oxygen atoms in total. The van der Waals surface area contributed by atoms with E-state index in [1.807, 2.05) is 30.3 Å². The number of carbonyl (C=O) groups is 3. The van der Waals surface area contributed by atoms with Gasteiger partial charge in [0, 0.05) is 25.7 Å². The van der Waals surface area contributed by atoms with Crippen LogP contribution in [-0.2, 0) is 16.1 Å². The van der Waals surface area contributed by atoms with Gasteiger partial charge in [0.05, 0.1) is 10.5 Å². The third kappa shape index (κ3) is 4.72. The molecule has 1 heterocycles. The Labute approximate surface area is 172 Å². The lowest BCUT2D eigenvalue weighted by atomic mass is 10.1. The van der Waals surface area contributed by atoms with Gasteiger partial charge in [-0.25, -0.2) is 9.59 Å². The lowest BCUT2D eigenvalue weighted by Crippen LogP contribution is -2.41. The van der Waals surface area contributed by atoms with Crippen molar-refractivity contribution in [1.82, 2.24) is 10.2 Å². The second-order valence-electron chi connectivity index (χ2n) is 6.60. The quantitative estimate of drug-likeness (QED) is 0.405. The lowest BCUT2D eigenvalue weighted by molar-refractivity contribution is -0.384. The van der Waals surface area contributed by atoms with Crippen molar-refractivity contribution >= 4 is 29.3 Å². The van der Waals surface area contributed by atoms with E-state index >= 15 is 0 Å². The Morgan fingerprint density at radius 1 is 1.27 bits per heavy atom. The van der Waals surface area contributed by atoms with E-state index in [-0.39, 0.29) is 23.5 Å². The maximum Gasteiger partial charge on any atom is 0.339 e. The summed E-state index contributed by atoms with van der Waals surface area (Å²) in [6.45, 7) is 2.23. The number of hydrogen-bond donors (Lipinski definition) is 2. The maximum absolute atomic E-state index is 12.4. The maximum atomic E-state index is 12.4. The van der Waals surface area contributed by atoms with Crippen LogP contribution in [0.15, 0.2) is 48.5 Å². The normalized spacial score (nSPS) is 14.0. The minimum atomic E-state index is -1.21. The molecule has 2 aromatic rings. The molecule has 0 spiro atoms. The van der Waals surface area contributed by atoms with E-state index < -0.39 is 28.9 Å². The summed E-state index contributed by atoms with van der Waals surface area (Å²) in [6.07, 6.45) is -1.21. The Balaban J connectivity index is 1.70. The number of anilines is 1. The molecular weight excluding hydrogens is 392 g/mol. The van der Waals surface area contributed by atoms with Gasteiger partial charge in [-0.05, 0) is 24.6 Å². The summed E-state index contributed by atoms with van der Waals surface area (Å²) in [5, 5.41) is 16.9. The Kier molecular flexibility index (Phi) is 6.26. The number of imide groups is 1. The van der Waals surface area contributed by atoms with Gasteiger partial charge in [-0.15, -0.1) is 0 Å². The van der Waals surface area contributed by atoms with Gasteiger partial charge in [-0.1, -0.05) is 30.3 Å². The molecule has 0 saturated carbocycles. The molecular formula is C20H20N4O6. The largest absolute Gasteiger partial charge is 0.449 e. The van der Waals surface area contributed by atoms with Crippen molar-refractivity contribution in [2.75, 3.05) is 18.4 Å². The Bertz CT molecular complexity index is 979. The van der Waals surface area contributed by atoms with Crippen LogP contribution in [0.4, 0.5) is 16.2 Å². The monoisotopic (exact) mass is 412 g/mol. The first kappa shape index (κ1) is 20.8. The van der Waals surface area contributed by atoms with Crippen molar-refractivity contribution < 1.29 is 24.0 Å². The van der Waals surface area contributed by atoms with E-state index in [2.05, 4.69) is 10.6 Å². The molecule has 10 heteroatoms. The van der Waals surface area contributed by atoms with Crippen molar-refractivity contribution in [3.05, 3.63) is 69.8 Å². The molecule has 3 rings (SSSR count). The summed E-state index contributed by atoms with van der Waals surface area (Å²) in [7, 11) is 0. The topological polar surface area (TPSA) is 131 Å². The fraction of sp³-hybridized carbons (Fsp3) is 0.250. The van der Waals surface area contributed by atoms with Crippen LogP contribution in [0.25, 0.3) is 0 Å². The van der Waals surface area contributed by atoms with Crippen LogP contribution in [0.3, 0.4) is 0 Å². The fourth-order valence-electron chi connectivity index (χ4n) is 2.93. The van der Waals surface area contributed by atoms with Gasteiger partial charge in [-0.3, -0.25) is 19.8 Å². The summed E-state index contributed by atoms with van der Waals surface area (Å²) >= 11 is 0. The predicted molar refractivity (Wildman–Crippen MR) is 107 cm³/mol. The molecule has 1 atom stereocenters. The Morgan fingerprint density at radius 3 is 2.63 bits per heavy atom. The molecule has 1 saturated heterocycles. The van der Waals surface area contributed by atoms with Crippen molar-refractivity contribution in [2.24, 2.45) is 0 Å². The second kappa shape index (κ2) is 9.03. The molecule has 3 amide bonds. The molecule has 1 fully saturated rings. The van der Waals surface area contributed by atoms with Crippen LogP contribution < -0.4 is 10.6 Å². The van der Waals surface area contributed by atoms with Gasteiger partial charge >= 0.3 is 12.0 Å². The molecule has 0 radical (unpaired) electrons. The number of urea groups is 1. The van der Waals surface area contributed by atoms with E-state index in [1.54, 1.807) is 0 Å². The van der Waals surface area contributed by atoms with Crippen molar-refractivity contribution in [1.29, 1.82) is 0 Å². The Hall–Kier alpha value is -3.95. The molecule has 2 N–H and O–H groups in total. The fourth-order valence-corrected chi connectivity index (χ4v) is 2.93. The van der Waals surface area contributed by atoms with Crippen LogP contribution in [0.2, 0.25) is 0 Å². The van der Waals surface area contributed by atoms with Gasteiger partial charge in [-0.2, -0.15) is 0 Å². The number of nitrogens with one attached hydrogen (secondary N) is 2. The molecule has 0 aromatic heterocycles. The van der Waals surface area contributed by atoms with Gasteiger partial charge in [0.2, 0.25) is 0 Å². The molecule has 1 aliphatic heterocycles. The number of amides is 3. The first-order chi connectivity index (χ1) is 14.4. The lowest BCUT2D eigenvalue weighted by Gasteiger charge is -2.18. The first-order valence-corrected chi connectivity index (χ1v) is 9.23. The smallest absolute Gasteiger partial charge is 0.339 e. The minimum Gasteiger partial charge on any atom is -0.449 e. The van der Waals surface area contributed by atoms with Crippen molar-refractivity contribution in [3.8, 4) is 0 Å². The zero-order valence-corrected chi connectivity index (χ0v) is 16.2. The number of carbonyl (C=O) groups excluding carboxylic acids is 3. The van der Waals surface area contributed by atoms with Gasteiger partial charge < -0.3 is 15.4 Å². The third-order valence-corrected chi connectivity index (χ3v) is 4.51. The number of hydrogen-bond acceptors (Lipinski definition) is 7. The third-order valence-electron chi connectivity index (χ3n) is 4.51. The summed E-state index contributed by atoms with van der Waals surface area (Å²) < 4.78 is 5.11. The average Bonchev–Trinajstić information content (AvgIpc) is 3.17.